The lowest BCUT2D eigenvalue weighted by Crippen LogP contribution is -2.48. The molecule has 1 atom stereocenters. The number of carbonyl (C=O) groups excluding carboxylic acids is 1. The number of hydrogen-bond donors (Lipinski definition) is 1. The van der Waals surface area contributed by atoms with E-state index in [9.17, 15) is 4.79 Å². The second kappa shape index (κ2) is 9.20. The molecule has 1 amide bonds. The highest BCUT2D eigenvalue weighted by Crippen LogP contribution is 2.26. The number of nitrogens with zero attached hydrogens (tertiary/aromatic N) is 5. The third-order valence-electron chi connectivity index (χ3n) is 5.79. The molecule has 1 N–H and O–H groups in total. The first-order valence-electron chi connectivity index (χ1n) is 11.0. The van der Waals surface area contributed by atoms with Crippen LogP contribution in [0.1, 0.15) is 28.8 Å². The molecule has 166 valence electrons. The molecule has 0 radical (unpaired) electrons. The van der Waals surface area contributed by atoms with Gasteiger partial charge in [0.2, 0.25) is 17.7 Å². The average Bonchev–Trinajstić information content (AvgIpc) is 3.35. The Morgan fingerprint density at radius 3 is 2.55 bits per heavy atom. The second-order valence-electron chi connectivity index (χ2n) is 8.11. The molecule has 0 aliphatic carbocycles. The van der Waals surface area contributed by atoms with Crippen molar-refractivity contribution in [2.75, 3.05) is 18.0 Å². The quantitative estimate of drug-likeness (QED) is 0.503. The number of aryl methyl sites for hydroxylation is 1. The summed E-state index contributed by atoms with van der Waals surface area (Å²) < 4.78 is 5.87. The highest BCUT2D eigenvalue weighted by Gasteiger charge is 2.23. The molecule has 2 aromatic heterocycles. The van der Waals surface area contributed by atoms with E-state index >= 15 is 0 Å². The van der Waals surface area contributed by atoms with Crippen molar-refractivity contribution in [3.63, 3.8) is 0 Å². The standard InChI is InChI=1S/C25H24N6O2/c1-17-6-2-3-8-21(17)24-30-29-23(33-24)19-11-9-18(10-12-19)22(32)28-20-7-4-15-31(16-20)25-26-13-5-14-27-25/h2-3,5-6,8-14,20H,4,7,15-16H2,1H3,(H,28,32). The summed E-state index contributed by atoms with van der Waals surface area (Å²) in [5, 5.41) is 11.5. The van der Waals surface area contributed by atoms with Crippen LogP contribution in [0.2, 0.25) is 0 Å². The molecule has 8 nitrogen and oxygen atoms in total. The third-order valence-corrected chi connectivity index (χ3v) is 5.79. The van der Waals surface area contributed by atoms with Crippen molar-refractivity contribution in [3.8, 4) is 22.9 Å². The predicted molar refractivity (Wildman–Crippen MR) is 125 cm³/mol. The predicted octanol–water partition coefficient (Wildman–Crippen LogP) is 3.90. The number of nitrogens with one attached hydrogen (secondary N) is 1. The van der Waals surface area contributed by atoms with Crippen LogP contribution in [-0.4, -0.2) is 45.2 Å². The van der Waals surface area contributed by atoms with E-state index in [0.717, 1.165) is 36.1 Å². The summed E-state index contributed by atoms with van der Waals surface area (Å²) in [4.78, 5) is 23.6. The Hall–Kier alpha value is -4.07. The van der Waals surface area contributed by atoms with Gasteiger partial charge in [0.05, 0.1) is 0 Å². The lowest BCUT2D eigenvalue weighted by Gasteiger charge is -2.33. The molecule has 3 heterocycles. The topological polar surface area (TPSA) is 97.0 Å². The minimum absolute atomic E-state index is 0.0438. The van der Waals surface area contributed by atoms with Crippen LogP contribution in [0.15, 0.2) is 71.4 Å². The van der Waals surface area contributed by atoms with Gasteiger partial charge in [-0.3, -0.25) is 4.79 Å². The van der Waals surface area contributed by atoms with Crippen molar-refractivity contribution in [2.45, 2.75) is 25.8 Å². The molecule has 1 fully saturated rings. The van der Waals surface area contributed by atoms with Gasteiger partial charge in [-0.1, -0.05) is 18.2 Å². The Morgan fingerprint density at radius 2 is 1.76 bits per heavy atom. The molecule has 8 heteroatoms. The normalized spacial score (nSPS) is 15.9. The minimum Gasteiger partial charge on any atom is -0.416 e. The number of piperidine rings is 1. The number of hydrogen-bond acceptors (Lipinski definition) is 7. The molecule has 5 rings (SSSR count). The molecule has 0 spiro atoms. The van der Waals surface area contributed by atoms with Crippen LogP contribution in [-0.2, 0) is 0 Å². The van der Waals surface area contributed by atoms with E-state index in [4.69, 9.17) is 4.42 Å². The number of rotatable bonds is 5. The van der Waals surface area contributed by atoms with Crippen LogP contribution in [0.25, 0.3) is 22.9 Å². The zero-order chi connectivity index (χ0) is 22.6. The van der Waals surface area contributed by atoms with Crippen LogP contribution in [0, 0.1) is 6.92 Å². The van der Waals surface area contributed by atoms with Gasteiger partial charge in [-0.25, -0.2) is 9.97 Å². The summed E-state index contributed by atoms with van der Waals surface area (Å²) in [7, 11) is 0. The zero-order valence-corrected chi connectivity index (χ0v) is 18.3. The minimum atomic E-state index is -0.103. The number of carbonyl (C=O) groups is 1. The van der Waals surface area contributed by atoms with Gasteiger partial charge in [0.25, 0.3) is 5.91 Å². The molecule has 0 saturated carbocycles. The van der Waals surface area contributed by atoms with Gasteiger partial charge in [-0.15, -0.1) is 10.2 Å². The average molecular weight is 441 g/mol. The number of aromatic nitrogens is 4. The molecule has 0 bridgehead atoms. The summed E-state index contributed by atoms with van der Waals surface area (Å²) in [6.07, 6.45) is 5.37. The maximum Gasteiger partial charge on any atom is 0.251 e. The lowest BCUT2D eigenvalue weighted by molar-refractivity contribution is 0.0933. The number of benzene rings is 2. The lowest BCUT2D eigenvalue weighted by atomic mass is 10.0. The van der Waals surface area contributed by atoms with E-state index in [1.54, 1.807) is 30.6 Å². The third kappa shape index (κ3) is 4.59. The van der Waals surface area contributed by atoms with Crippen molar-refractivity contribution in [2.24, 2.45) is 0 Å². The van der Waals surface area contributed by atoms with E-state index in [1.807, 2.05) is 43.3 Å². The Bertz CT molecular complexity index is 1240. The van der Waals surface area contributed by atoms with Crippen LogP contribution < -0.4 is 10.2 Å². The highest BCUT2D eigenvalue weighted by molar-refractivity contribution is 5.94. The molecule has 1 aliphatic rings. The first kappa shape index (κ1) is 20.8. The largest absolute Gasteiger partial charge is 0.416 e. The van der Waals surface area contributed by atoms with Crippen molar-refractivity contribution in [1.82, 2.24) is 25.5 Å². The van der Waals surface area contributed by atoms with Gasteiger partial charge in [-0.2, -0.15) is 0 Å². The number of anilines is 1. The summed E-state index contributed by atoms with van der Waals surface area (Å²) in [6, 6.07) is 16.9. The molecule has 1 saturated heterocycles. The number of amides is 1. The fourth-order valence-corrected chi connectivity index (χ4v) is 4.03. The van der Waals surface area contributed by atoms with Crippen molar-refractivity contribution >= 4 is 11.9 Å². The van der Waals surface area contributed by atoms with E-state index in [-0.39, 0.29) is 11.9 Å². The monoisotopic (exact) mass is 440 g/mol. The van der Waals surface area contributed by atoms with Crippen LogP contribution in [0.3, 0.4) is 0 Å². The Labute approximate surface area is 191 Å². The molecule has 1 unspecified atom stereocenters. The zero-order valence-electron chi connectivity index (χ0n) is 18.3. The Balaban J connectivity index is 1.24. The maximum absolute atomic E-state index is 12.8. The van der Waals surface area contributed by atoms with Gasteiger partial charge in [0, 0.05) is 48.2 Å². The van der Waals surface area contributed by atoms with Crippen molar-refractivity contribution < 1.29 is 9.21 Å². The molecular weight excluding hydrogens is 416 g/mol. The van der Waals surface area contributed by atoms with Crippen LogP contribution in [0.4, 0.5) is 5.95 Å². The Kier molecular flexibility index (Phi) is 5.80. The van der Waals surface area contributed by atoms with Gasteiger partial charge < -0.3 is 14.6 Å². The van der Waals surface area contributed by atoms with Gasteiger partial charge in [0.15, 0.2) is 0 Å². The van der Waals surface area contributed by atoms with E-state index in [1.165, 1.54) is 0 Å². The van der Waals surface area contributed by atoms with Crippen molar-refractivity contribution in [1.29, 1.82) is 0 Å². The second-order valence-corrected chi connectivity index (χ2v) is 8.11. The van der Waals surface area contributed by atoms with Gasteiger partial charge >= 0.3 is 0 Å². The molecule has 33 heavy (non-hydrogen) atoms. The fourth-order valence-electron chi connectivity index (χ4n) is 4.03. The molecule has 1 aliphatic heterocycles. The Morgan fingerprint density at radius 1 is 1.00 bits per heavy atom. The SMILES string of the molecule is Cc1ccccc1-c1nnc(-c2ccc(C(=O)NC3CCCN(c4ncccn4)C3)cc2)o1. The van der Waals surface area contributed by atoms with Crippen LogP contribution in [0.5, 0.6) is 0 Å². The maximum atomic E-state index is 12.8. The summed E-state index contributed by atoms with van der Waals surface area (Å²) in [5.41, 5.74) is 3.34. The van der Waals surface area contributed by atoms with Crippen molar-refractivity contribution in [3.05, 3.63) is 78.1 Å². The molecule has 4 aromatic rings. The summed E-state index contributed by atoms with van der Waals surface area (Å²) >= 11 is 0. The van der Waals surface area contributed by atoms with E-state index in [2.05, 4.69) is 30.4 Å². The first-order valence-corrected chi connectivity index (χ1v) is 11.0. The van der Waals surface area contributed by atoms with Gasteiger partial charge in [0.1, 0.15) is 0 Å². The van der Waals surface area contributed by atoms with E-state index in [0.29, 0.717) is 29.8 Å². The summed E-state index contributed by atoms with van der Waals surface area (Å²) in [5.74, 6) is 1.50. The fraction of sp³-hybridized carbons (Fsp3) is 0.240. The molecule has 2 aromatic carbocycles. The van der Waals surface area contributed by atoms with Gasteiger partial charge in [-0.05, 0) is 61.7 Å². The van der Waals surface area contributed by atoms with Crippen LogP contribution >= 0.6 is 0 Å². The summed E-state index contributed by atoms with van der Waals surface area (Å²) in [6.45, 7) is 3.59. The highest BCUT2D eigenvalue weighted by atomic mass is 16.4. The molecular formula is C25H24N6O2. The first-order chi connectivity index (χ1) is 16.2. The van der Waals surface area contributed by atoms with E-state index < -0.39 is 0 Å². The smallest absolute Gasteiger partial charge is 0.251 e.